The zero-order chi connectivity index (χ0) is 21.6. The highest BCUT2D eigenvalue weighted by Gasteiger charge is 2.35. The fourth-order valence-electron chi connectivity index (χ4n) is 4.46. The van der Waals surface area contributed by atoms with E-state index in [0.717, 1.165) is 24.8 Å². The second kappa shape index (κ2) is 10.1. The lowest BCUT2D eigenvalue weighted by atomic mass is 10.0. The molecule has 0 bridgehead atoms. The van der Waals surface area contributed by atoms with Crippen molar-refractivity contribution >= 4 is 11.8 Å². The first-order valence-electron chi connectivity index (χ1n) is 11.4. The molecule has 1 aromatic carbocycles. The predicted octanol–water partition coefficient (Wildman–Crippen LogP) is 4.91. The second-order valence-electron chi connectivity index (χ2n) is 8.90. The van der Waals surface area contributed by atoms with Gasteiger partial charge in [-0.2, -0.15) is 0 Å². The molecule has 2 amide bonds. The van der Waals surface area contributed by atoms with Crippen LogP contribution in [0.5, 0.6) is 0 Å². The molecular weight excluding hydrogens is 395 g/mol. The molecule has 0 atom stereocenters. The van der Waals surface area contributed by atoms with Crippen molar-refractivity contribution in [3.05, 3.63) is 59.8 Å². The van der Waals surface area contributed by atoms with Gasteiger partial charge in [0.25, 0.3) is 0 Å². The van der Waals surface area contributed by atoms with E-state index < -0.39 is 0 Å². The standard InChI is InChI=1S/C25H31FN2O3/c26-21-10-7-20(8-11-21)16-27(17-23-6-3-15-31-23)25(30)18-28(22-12-13-22)24(29)14-9-19-4-1-2-5-19/h3,6-8,10-11,15,19,22H,1-2,4-5,9,12-14,16-18H2. The van der Waals surface area contributed by atoms with Crippen LogP contribution in [0.25, 0.3) is 0 Å². The van der Waals surface area contributed by atoms with E-state index in [2.05, 4.69) is 0 Å². The Morgan fingerprint density at radius 2 is 1.71 bits per heavy atom. The number of furan rings is 1. The van der Waals surface area contributed by atoms with Crippen LogP contribution in [-0.4, -0.2) is 34.2 Å². The Balaban J connectivity index is 1.41. The molecule has 166 valence electrons. The molecule has 2 saturated carbocycles. The molecule has 5 nitrogen and oxygen atoms in total. The summed E-state index contributed by atoms with van der Waals surface area (Å²) in [6.07, 6.45) is 9.99. The van der Waals surface area contributed by atoms with Gasteiger partial charge in [0.2, 0.25) is 11.8 Å². The van der Waals surface area contributed by atoms with Crippen molar-refractivity contribution in [2.75, 3.05) is 6.54 Å². The summed E-state index contributed by atoms with van der Waals surface area (Å²) in [4.78, 5) is 29.7. The average Bonchev–Trinajstić information content (AvgIpc) is 3.23. The summed E-state index contributed by atoms with van der Waals surface area (Å²) in [6.45, 7) is 0.753. The number of carbonyl (C=O) groups excluding carboxylic acids is 2. The highest BCUT2D eigenvalue weighted by Crippen LogP contribution is 2.31. The van der Waals surface area contributed by atoms with Crippen molar-refractivity contribution in [3.8, 4) is 0 Å². The Morgan fingerprint density at radius 1 is 0.968 bits per heavy atom. The number of amides is 2. The van der Waals surface area contributed by atoms with Crippen LogP contribution >= 0.6 is 0 Å². The molecule has 1 heterocycles. The van der Waals surface area contributed by atoms with E-state index in [1.54, 1.807) is 34.3 Å². The SMILES string of the molecule is O=C(CN(C(=O)CCC1CCCC1)C1CC1)N(Cc1ccc(F)cc1)Cc1ccco1. The lowest BCUT2D eigenvalue weighted by Gasteiger charge is -2.28. The van der Waals surface area contributed by atoms with Crippen molar-refractivity contribution in [2.24, 2.45) is 5.92 Å². The molecule has 2 aliphatic carbocycles. The van der Waals surface area contributed by atoms with Crippen molar-refractivity contribution in [1.29, 1.82) is 0 Å². The number of benzene rings is 1. The van der Waals surface area contributed by atoms with Gasteiger partial charge in [-0.15, -0.1) is 0 Å². The third kappa shape index (κ3) is 6.18. The average molecular weight is 427 g/mol. The van der Waals surface area contributed by atoms with Crippen LogP contribution in [0.2, 0.25) is 0 Å². The van der Waals surface area contributed by atoms with Gasteiger partial charge >= 0.3 is 0 Å². The van der Waals surface area contributed by atoms with Crippen molar-refractivity contribution in [2.45, 2.75) is 70.5 Å². The highest BCUT2D eigenvalue weighted by molar-refractivity contribution is 5.85. The second-order valence-corrected chi connectivity index (χ2v) is 8.90. The number of rotatable bonds is 10. The molecule has 0 spiro atoms. The summed E-state index contributed by atoms with van der Waals surface area (Å²) >= 11 is 0. The molecule has 2 aliphatic rings. The van der Waals surface area contributed by atoms with Gasteiger partial charge in [0.15, 0.2) is 0 Å². The van der Waals surface area contributed by atoms with Gasteiger partial charge in [-0.25, -0.2) is 4.39 Å². The molecule has 2 fully saturated rings. The van der Waals surface area contributed by atoms with Crippen molar-refractivity contribution < 1.29 is 18.4 Å². The lowest BCUT2D eigenvalue weighted by molar-refractivity contribution is -0.142. The summed E-state index contributed by atoms with van der Waals surface area (Å²) in [6, 6.07) is 9.97. The Morgan fingerprint density at radius 3 is 2.35 bits per heavy atom. The van der Waals surface area contributed by atoms with Crippen LogP contribution in [-0.2, 0) is 22.7 Å². The van der Waals surface area contributed by atoms with E-state index in [1.165, 1.54) is 37.8 Å². The molecule has 0 saturated heterocycles. The van der Waals surface area contributed by atoms with Gasteiger partial charge in [-0.05, 0) is 55.0 Å². The number of carbonyl (C=O) groups is 2. The maximum atomic E-state index is 13.3. The van der Waals surface area contributed by atoms with E-state index in [9.17, 15) is 14.0 Å². The van der Waals surface area contributed by atoms with Crippen LogP contribution in [0.1, 0.15) is 62.7 Å². The Labute approximate surface area is 183 Å². The number of hydrogen-bond donors (Lipinski definition) is 0. The maximum absolute atomic E-state index is 13.3. The van der Waals surface area contributed by atoms with Crippen molar-refractivity contribution in [1.82, 2.24) is 9.80 Å². The molecule has 1 aromatic heterocycles. The first kappa shape index (κ1) is 21.6. The largest absolute Gasteiger partial charge is 0.467 e. The van der Waals surface area contributed by atoms with E-state index in [0.29, 0.717) is 31.2 Å². The smallest absolute Gasteiger partial charge is 0.242 e. The molecule has 4 rings (SSSR count). The van der Waals surface area contributed by atoms with E-state index >= 15 is 0 Å². The summed E-state index contributed by atoms with van der Waals surface area (Å²) in [5.41, 5.74) is 0.840. The zero-order valence-electron chi connectivity index (χ0n) is 18.0. The maximum Gasteiger partial charge on any atom is 0.242 e. The third-order valence-corrected chi connectivity index (χ3v) is 6.42. The van der Waals surface area contributed by atoms with E-state index in [1.807, 2.05) is 6.07 Å². The first-order valence-corrected chi connectivity index (χ1v) is 11.4. The summed E-state index contributed by atoms with van der Waals surface area (Å²) in [7, 11) is 0. The summed E-state index contributed by atoms with van der Waals surface area (Å²) < 4.78 is 18.7. The predicted molar refractivity (Wildman–Crippen MR) is 115 cm³/mol. The fraction of sp³-hybridized carbons (Fsp3) is 0.520. The zero-order valence-corrected chi connectivity index (χ0v) is 18.0. The minimum absolute atomic E-state index is 0.0933. The van der Waals surface area contributed by atoms with Crippen LogP contribution in [0.3, 0.4) is 0 Å². The summed E-state index contributed by atoms with van der Waals surface area (Å²) in [5.74, 6) is 1.03. The molecule has 0 aliphatic heterocycles. The van der Waals surface area contributed by atoms with Gasteiger partial charge in [-0.1, -0.05) is 37.8 Å². The molecular formula is C25H31FN2O3. The quantitative estimate of drug-likeness (QED) is 0.542. The summed E-state index contributed by atoms with van der Waals surface area (Å²) in [5, 5.41) is 0. The van der Waals surface area contributed by atoms with Gasteiger partial charge in [0, 0.05) is 19.0 Å². The molecule has 0 unspecified atom stereocenters. The molecule has 31 heavy (non-hydrogen) atoms. The van der Waals surface area contributed by atoms with E-state index in [-0.39, 0.29) is 30.2 Å². The Kier molecular flexibility index (Phi) is 7.05. The van der Waals surface area contributed by atoms with Gasteiger partial charge < -0.3 is 14.2 Å². The normalized spacial score (nSPS) is 16.4. The number of nitrogens with zero attached hydrogens (tertiary/aromatic N) is 2. The molecule has 2 aromatic rings. The number of halogens is 1. The number of hydrogen-bond acceptors (Lipinski definition) is 3. The van der Waals surface area contributed by atoms with Gasteiger partial charge in [-0.3, -0.25) is 9.59 Å². The van der Waals surface area contributed by atoms with Crippen molar-refractivity contribution in [3.63, 3.8) is 0 Å². The van der Waals surface area contributed by atoms with Crippen LogP contribution in [0.4, 0.5) is 4.39 Å². The molecule has 6 heteroatoms. The van der Waals surface area contributed by atoms with E-state index in [4.69, 9.17) is 4.42 Å². The minimum Gasteiger partial charge on any atom is -0.467 e. The lowest BCUT2D eigenvalue weighted by Crippen LogP contribution is -2.43. The monoisotopic (exact) mass is 426 g/mol. The highest BCUT2D eigenvalue weighted by atomic mass is 19.1. The Hall–Kier alpha value is -2.63. The molecule has 0 radical (unpaired) electrons. The van der Waals surface area contributed by atoms with Crippen LogP contribution in [0, 0.1) is 11.7 Å². The minimum atomic E-state index is -0.305. The third-order valence-electron chi connectivity index (χ3n) is 6.42. The molecule has 0 N–H and O–H groups in total. The van der Waals surface area contributed by atoms with Crippen LogP contribution in [0.15, 0.2) is 47.1 Å². The van der Waals surface area contributed by atoms with Gasteiger partial charge in [0.1, 0.15) is 18.1 Å². The van der Waals surface area contributed by atoms with Crippen LogP contribution < -0.4 is 0 Å². The fourth-order valence-corrected chi connectivity index (χ4v) is 4.46. The van der Waals surface area contributed by atoms with Gasteiger partial charge in [0.05, 0.1) is 12.8 Å². The first-order chi connectivity index (χ1) is 15.1. The Bertz CT molecular complexity index is 855. The topological polar surface area (TPSA) is 53.8 Å².